The summed E-state index contributed by atoms with van der Waals surface area (Å²) in [6.45, 7) is 2.71. The maximum absolute atomic E-state index is 14.2. The van der Waals surface area contributed by atoms with Crippen molar-refractivity contribution in [2.75, 3.05) is 13.1 Å². The van der Waals surface area contributed by atoms with E-state index >= 15 is 0 Å². The molecule has 1 fully saturated rings. The minimum absolute atomic E-state index is 0.112. The first kappa shape index (κ1) is 9.59. The Kier molecular flexibility index (Phi) is 2.27. The fraction of sp³-hybridized carbons (Fsp3) is 0.455. The first-order valence-electron chi connectivity index (χ1n) is 4.77. The summed E-state index contributed by atoms with van der Waals surface area (Å²) in [5.74, 6) is -0.566. The van der Waals surface area contributed by atoms with Crippen LogP contribution in [0.5, 0.6) is 0 Å². The number of alkyl halides is 1. The summed E-state index contributed by atoms with van der Waals surface area (Å²) in [5, 5.41) is 2.99. The van der Waals surface area contributed by atoms with Crippen LogP contribution >= 0.6 is 0 Å². The SMILES string of the molecule is CC(F)(c1ccccc1F)C1CNC1. The number of hydrogen-bond donors (Lipinski definition) is 1. The van der Waals surface area contributed by atoms with Gasteiger partial charge in [0.1, 0.15) is 11.5 Å². The molecule has 2 rings (SSSR count). The van der Waals surface area contributed by atoms with Gasteiger partial charge in [0.05, 0.1) is 0 Å². The van der Waals surface area contributed by atoms with Gasteiger partial charge in [0.25, 0.3) is 0 Å². The lowest BCUT2D eigenvalue weighted by atomic mass is 9.81. The van der Waals surface area contributed by atoms with E-state index in [1.807, 2.05) is 0 Å². The third-order valence-electron chi connectivity index (χ3n) is 2.95. The minimum atomic E-state index is -1.56. The van der Waals surface area contributed by atoms with E-state index in [-0.39, 0.29) is 11.5 Å². The highest BCUT2D eigenvalue weighted by molar-refractivity contribution is 5.25. The Bertz CT molecular complexity index is 332. The second-order valence-corrected chi connectivity index (χ2v) is 3.91. The van der Waals surface area contributed by atoms with Crippen LogP contribution in [0.15, 0.2) is 24.3 Å². The Morgan fingerprint density at radius 2 is 2.00 bits per heavy atom. The lowest BCUT2D eigenvalue weighted by Crippen LogP contribution is -2.51. The molecule has 0 spiro atoms. The van der Waals surface area contributed by atoms with E-state index in [2.05, 4.69) is 5.32 Å². The van der Waals surface area contributed by atoms with Crippen molar-refractivity contribution < 1.29 is 8.78 Å². The molecule has 76 valence electrons. The van der Waals surface area contributed by atoms with E-state index in [1.165, 1.54) is 19.1 Å². The molecule has 0 amide bonds. The largest absolute Gasteiger partial charge is 0.316 e. The van der Waals surface area contributed by atoms with Crippen LogP contribution in [0.1, 0.15) is 12.5 Å². The Hall–Kier alpha value is -0.960. The van der Waals surface area contributed by atoms with Crippen molar-refractivity contribution in [2.24, 2.45) is 5.92 Å². The molecule has 1 aliphatic rings. The highest BCUT2D eigenvalue weighted by atomic mass is 19.1. The van der Waals surface area contributed by atoms with Crippen molar-refractivity contribution in [3.8, 4) is 0 Å². The zero-order valence-corrected chi connectivity index (χ0v) is 8.06. The van der Waals surface area contributed by atoms with Gasteiger partial charge in [0.15, 0.2) is 0 Å². The molecule has 0 bridgehead atoms. The van der Waals surface area contributed by atoms with E-state index in [0.717, 1.165) is 0 Å². The van der Waals surface area contributed by atoms with Crippen LogP contribution in [-0.4, -0.2) is 13.1 Å². The second kappa shape index (κ2) is 3.31. The Balaban J connectivity index is 2.32. The predicted octanol–water partition coefficient (Wildman–Crippen LogP) is 2.23. The van der Waals surface area contributed by atoms with Crippen LogP contribution in [0.25, 0.3) is 0 Å². The predicted molar refractivity (Wildman–Crippen MR) is 51.2 cm³/mol. The van der Waals surface area contributed by atoms with E-state index in [9.17, 15) is 8.78 Å². The number of nitrogens with one attached hydrogen (secondary N) is 1. The maximum atomic E-state index is 14.2. The quantitative estimate of drug-likeness (QED) is 0.766. The minimum Gasteiger partial charge on any atom is -0.316 e. The van der Waals surface area contributed by atoms with Crippen LogP contribution in [0, 0.1) is 11.7 Å². The van der Waals surface area contributed by atoms with E-state index < -0.39 is 11.5 Å². The molecule has 1 aromatic carbocycles. The lowest BCUT2D eigenvalue weighted by Gasteiger charge is -2.38. The highest BCUT2D eigenvalue weighted by Gasteiger charge is 2.41. The molecule has 14 heavy (non-hydrogen) atoms. The van der Waals surface area contributed by atoms with Gasteiger partial charge >= 0.3 is 0 Å². The van der Waals surface area contributed by atoms with E-state index in [4.69, 9.17) is 0 Å². The number of benzene rings is 1. The summed E-state index contributed by atoms with van der Waals surface area (Å²) in [7, 11) is 0. The van der Waals surface area contributed by atoms with Crippen LogP contribution in [0.3, 0.4) is 0 Å². The van der Waals surface area contributed by atoms with Gasteiger partial charge in [-0.2, -0.15) is 0 Å². The molecule has 1 unspecified atom stereocenters. The standard InChI is InChI=1S/C11H13F2N/c1-11(13,8-6-14-7-8)9-4-2-3-5-10(9)12/h2-5,8,14H,6-7H2,1H3. The van der Waals surface area contributed by atoms with Crippen LogP contribution in [-0.2, 0) is 5.67 Å². The average Bonchev–Trinajstić information content (AvgIpc) is 2.00. The summed E-state index contributed by atoms with van der Waals surface area (Å²) < 4.78 is 27.6. The molecule has 1 nitrogen and oxygen atoms in total. The first-order chi connectivity index (χ1) is 6.62. The highest BCUT2D eigenvalue weighted by Crippen LogP contribution is 2.37. The molecule has 3 heteroatoms. The molecule has 1 aromatic rings. The number of rotatable bonds is 2. The van der Waals surface area contributed by atoms with Crippen molar-refractivity contribution in [3.63, 3.8) is 0 Å². The zero-order valence-electron chi connectivity index (χ0n) is 8.06. The monoisotopic (exact) mass is 197 g/mol. The molecule has 1 aliphatic heterocycles. The van der Waals surface area contributed by atoms with Gasteiger partial charge in [-0.15, -0.1) is 0 Å². The molecular weight excluding hydrogens is 184 g/mol. The van der Waals surface area contributed by atoms with Gasteiger partial charge in [-0.3, -0.25) is 0 Å². The Morgan fingerprint density at radius 1 is 1.36 bits per heavy atom. The molecule has 1 N–H and O–H groups in total. The molecule has 0 aromatic heterocycles. The third-order valence-corrected chi connectivity index (χ3v) is 2.95. The van der Waals surface area contributed by atoms with Crippen molar-refractivity contribution >= 4 is 0 Å². The smallest absolute Gasteiger partial charge is 0.141 e. The lowest BCUT2D eigenvalue weighted by molar-refractivity contribution is 0.0595. The summed E-state index contributed by atoms with van der Waals surface area (Å²) in [5.41, 5.74) is -1.39. The van der Waals surface area contributed by atoms with Crippen molar-refractivity contribution in [1.82, 2.24) is 5.32 Å². The van der Waals surface area contributed by atoms with Gasteiger partial charge in [0, 0.05) is 24.6 Å². The Labute approximate surface area is 82.1 Å². The van der Waals surface area contributed by atoms with Crippen LogP contribution in [0.2, 0.25) is 0 Å². The number of halogens is 2. The summed E-state index contributed by atoms with van der Waals surface area (Å²) in [6, 6.07) is 6.07. The molecule has 1 heterocycles. The van der Waals surface area contributed by atoms with Crippen molar-refractivity contribution in [1.29, 1.82) is 0 Å². The third kappa shape index (κ3) is 1.42. The fourth-order valence-corrected chi connectivity index (χ4v) is 1.75. The van der Waals surface area contributed by atoms with Gasteiger partial charge in [-0.05, 0) is 13.0 Å². The molecule has 0 saturated carbocycles. The fourth-order valence-electron chi connectivity index (χ4n) is 1.75. The molecule has 1 saturated heterocycles. The van der Waals surface area contributed by atoms with Gasteiger partial charge in [-0.1, -0.05) is 18.2 Å². The Morgan fingerprint density at radius 3 is 2.50 bits per heavy atom. The van der Waals surface area contributed by atoms with Crippen molar-refractivity contribution in [2.45, 2.75) is 12.6 Å². The van der Waals surface area contributed by atoms with Crippen molar-refractivity contribution in [3.05, 3.63) is 35.6 Å². The summed E-state index contributed by atoms with van der Waals surface area (Å²) in [4.78, 5) is 0. The molecule has 1 atom stereocenters. The summed E-state index contributed by atoms with van der Waals surface area (Å²) in [6.07, 6.45) is 0. The van der Waals surface area contributed by atoms with Crippen LogP contribution < -0.4 is 5.32 Å². The molecule has 0 radical (unpaired) electrons. The maximum Gasteiger partial charge on any atom is 0.141 e. The molecule has 0 aliphatic carbocycles. The van der Waals surface area contributed by atoms with Gasteiger partial charge in [0.2, 0.25) is 0 Å². The van der Waals surface area contributed by atoms with E-state index in [1.54, 1.807) is 12.1 Å². The van der Waals surface area contributed by atoms with E-state index in [0.29, 0.717) is 13.1 Å². The zero-order chi connectivity index (χ0) is 10.2. The van der Waals surface area contributed by atoms with Gasteiger partial charge < -0.3 is 5.32 Å². The summed E-state index contributed by atoms with van der Waals surface area (Å²) >= 11 is 0. The topological polar surface area (TPSA) is 12.0 Å². The van der Waals surface area contributed by atoms with Gasteiger partial charge in [-0.25, -0.2) is 8.78 Å². The molecular formula is C11H13F2N. The number of hydrogen-bond acceptors (Lipinski definition) is 1. The average molecular weight is 197 g/mol. The van der Waals surface area contributed by atoms with Crippen LogP contribution in [0.4, 0.5) is 8.78 Å². The normalized spacial score (nSPS) is 21.4. The second-order valence-electron chi connectivity index (χ2n) is 3.91. The first-order valence-corrected chi connectivity index (χ1v) is 4.77.